The third-order valence-electron chi connectivity index (χ3n) is 4.88. The molecule has 0 spiro atoms. The molecule has 8 heteroatoms. The molecule has 1 aliphatic rings. The monoisotopic (exact) mass is 395 g/mol. The van der Waals surface area contributed by atoms with Crippen LogP contribution in [0.5, 0.6) is 0 Å². The zero-order valence-corrected chi connectivity index (χ0v) is 17.3. The fourth-order valence-corrected chi connectivity index (χ4v) is 3.98. The van der Waals surface area contributed by atoms with E-state index in [2.05, 4.69) is 5.32 Å². The van der Waals surface area contributed by atoms with Crippen molar-refractivity contribution < 1.29 is 18.0 Å². The molecule has 1 N–H and O–H groups in total. The summed E-state index contributed by atoms with van der Waals surface area (Å²) in [4.78, 5) is 27.3. The van der Waals surface area contributed by atoms with E-state index < -0.39 is 15.6 Å². The molecule has 1 saturated heterocycles. The third-order valence-corrected chi connectivity index (χ3v) is 6.07. The van der Waals surface area contributed by atoms with Crippen molar-refractivity contribution in [3.8, 4) is 0 Å². The molecule has 1 heterocycles. The Morgan fingerprint density at radius 2 is 1.89 bits per heavy atom. The molecule has 1 fully saturated rings. The van der Waals surface area contributed by atoms with Crippen molar-refractivity contribution >= 4 is 21.8 Å². The second-order valence-electron chi connectivity index (χ2n) is 7.70. The van der Waals surface area contributed by atoms with Crippen LogP contribution in [-0.2, 0) is 26.2 Å². The van der Waals surface area contributed by atoms with E-state index in [1.54, 1.807) is 6.92 Å². The number of rotatable bonds is 7. The first-order valence-electron chi connectivity index (χ1n) is 9.12. The summed E-state index contributed by atoms with van der Waals surface area (Å²) in [6, 6.07) is 9.45. The Kier molecular flexibility index (Phi) is 6.64. The van der Waals surface area contributed by atoms with Gasteiger partial charge < -0.3 is 10.2 Å². The second-order valence-corrected chi connectivity index (χ2v) is 9.68. The highest BCUT2D eigenvalue weighted by atomic mass is 32.2. The predicted octanol–water partition coefficient (Wildman–Crippen LogP) is 1.21. The zero-order valence-electron chi connectivity index (χ0n) is 16.4. The second kappa shape index (κ2) is 8.39. The van der Waals surface area contributed by atoms with E-state index in [0.29, 0.717) is 19.0 Å². The van der Waals surface area contributed by atoms with Gasteiger partial charge in [0.25, 0.3) is 0 Å². The fraction of sp³-hybridized carbons (Fsp3) is 0.579. The van der Waals surface area contributed by atoms with Crippen LogP contribution >= 0.6 is 0 Å². The molecular weight excluding hydrogens is 366 g/mol. The largest absolute Gasteiger partial charge is 0.350 e. The van der Waals surface area contributed by atoms with E-state index in [1.165, 1.54) is 4.90 Å². The molecule has 2 rings (SSSR count). The smallest absolute Gasteiger partial charge is 0.247 e. The Labute approximate surface area is 161 Å². The molecule has 0 aromatic heterocycles. The van der Waals surface area contributed by atoms with Gasteiger partial charge >= 0.3 is 0 Å². The SMILES string of the molecule is CC(C)CCN1C(=O)CN(S(C)(=O)=O)CC1(C)C(=O)NCc1ccccc1. The van der Waals surface area contributed by atoms with Gasteiger partial charge in [0, 0.05) is 19.6 Å². The van der Waals surface area contributed by atoms with E-state index in [-0.39, 0.29) is 24.9 Å². The lowest BCUT2D eigenvalue weighted by molar-refractivity contribution is -0.153. The van der Waals surface area contributed by atoms with Crippen molar-refractivity contribution in [2.45, 2.75) is 39.3 Å². The first-order valence-corrected chi connectivity index (χ1v) is 11.0. The molecule has 1 aliphatic heterocycles. The minimum atomic E-state index is -3.58. The quantitative estimate of drug-likeness (QED) is 0.752. The summed E-state index contributed by atoms with van der Waals surface area (Å²) in [5.41, 5.74) is -0.312. The summed E-state index contributed by atoms with van der Waals surface area (Å²) in [7, 11) is -3.58. The average Bonchev–Trinajstić information content (AvgIpc) is 2.58. The molecule has 1 aromatic carbocycles. The van der Waals surface area contributed by atoms with Gasteiger partial charge in [0.05, 0.1) is 12.8 Å². The van der Waals surface area contributed by atoms with Crippen molar-refractivity contribution in [1.82, 2.24) is 14.5 Å². The van der Waals surface area contributed by atoms with Gasteiger partial charge in [0.1, 0.15) is 5.54 Å². The highest BCUT2D eigenvalue weighted by Crippen LogP contribution is 2.25. The van der Waals surface area contributed by atoms with E-state index >= 15 is 0 Å². The van der Waals surface area contributed by atoms with Gasteiger partial charge in [-0.3, -0.25) is 9.59 Å². The maximum Gasteiger partial charge on any atom is 0.247 e. The number of nitrogens with one attached hydrogen (secondary N) is 1. The minimum Gasteiger partial charge on any atom is -0.350 e. The number of sulfonamides is 1. The van der Waals surface area contributed by atoms with Gasteiger partial charge in [0.15, 0.2) is 0 Å². The van der Waals surface area contributed by atoms with E-state index in [9.17, 15) is 18.0 Å². The summed E-state index contributed by atoms with van der Waals surface area (Å²) in [6.45, 7) is 6.20. The molecule has 0 bridgehead atoms. The summed E-state index contributed by atoms with van der Waals surface area (Å²) in [5.74, 6) is -0.330. The molecule has 1 aromatic rings. The van der Waals surface area contributed by atoms with Gasteiger partial charge in [-0.1, -0.05) is 44.2 Å². The van der Waals surface area contributed by atoms with Gasteiger partial charge in [-0.05, 0) is 24.8 Å². The van der Waals surface area contributed by atoms with Crippen LogP contribution in [0, 0.1) is 5.92 Å². The highest BCUT2D eigenvalue weighted by Gasteiger charge is 2.49. The standard InChI is InChI=1S/C19H29N3O4S/c1-15(2)10-11-22-17(23)13-21(27(4,25)26)14-19(22,3)18(24)20-12-16-8-6-5-7-9-16/h5-9,15H,10-14H2,1-4H3,(H,20,24). The maximum atomic E-state index is 13.0. The summed E-state index contributed by atoms with van der Waals surface area (Å²) >= 11 is 0. The predicted molar refractivity (Wildman–Crippen MR) is 104 cm³/mol. The van der Waals surface area contributed by atoms with Gasteiger partial charge in [-0.2, -0.15) is 4.31 Å². The average molecular weight is 396 g/mol. The van der Waals surface area contributed by atoms with Crippen LogP contribution in [0.1, 0.15) is 32.8 Å². The number of nitrogens with zero attached hydrogens (tertiary/aromatic N) is 2. The highest BCUT2D eigenvalue weighted by molar-refractivity contribution is 7.88. The molecular formula is C19H29N3O4S. The van der Waals surface area contributed by atoms with Crippen molar-refractivity contribution in [1.29, 1.82) is 0 Å². The Hall–Kier alpha value is -1.93. The minimum absolute atomic E-state index is 0.0453. The lowest BCUT2D eigenvalue weighted by atomic mass is 9.94. The first-order chi connectivity index (χ1) is 12.5. The van der Waals surface area contributed by atoms with Crippen molar-refractivity contribution in [3.05, 3.63) is 35.9 Å². The van der Waals surface area contributed by atoms with Gasteiger partial charge in [-0.15, -0.1) is 0 Å². The van der Waals surface area contributed by atoms with Gasteiger partial charge in [-0.25, -0.2) is 8.42 Å². The fourth-order valence-electron chi connectivity index (χ4n) is 3.15. The van der Waals surface area contributed by atoms with Crippen LogP contribution in [0.25, 0.3) is 0 Å². The number of hydrogen-bond acceptors (Lipinski definition) is 4. The lowest BCUT2D eigenvalue weighted by Crippen LogP contribution is -2.69. The molecule has 2 amide bonds. The number of hydrogen-bond donors (Lipinski definition) is 1. The summed E-state index contributed by atoms with van der Waals surface area (Å²) < 4.78 is 25.1. The molecule has 0 radical (unpaired) electrons. The van der Waals surface area contributed by atoms with Crippen molar-refractivity contribution in [3.63, 3.8) is 0 Å². The maximum absolute atomic E-state index is 13.0. The van der Waals surface area contributed by atoms with Crippen LogP contribution in [0.4, 0.5) is 0 Å². The Morgan fingerprint density at radius 1 is 1.26 bits per heavy atom. The Morgan fingerprint density at radius 3 is 2.44 bits per heavy atom. The first kappa shape index (κ1) is 21.4. The van der Waals surface area contributed by atoms with Crippen LogP contribution in [0.15, 0.2) is 30.3 Å². The molecule has 7 nitrogen and oxygen atoms in total. The number of carbonyl (C=O) groups is 2. The molecule has 1 atom stereocenters. The number of carbonyl (C=O) groups excluding carboxylic acids is 2. The van der Waals surface area contributed by atoms with Crippen LogP contribution in [0.3, 0.4) is 0 Å². The number of benzene rings is 1. The topological polar surface area (TPSA) is 86.8 Å². The van der Waals surface area contributed by atoms with Gasteiger partial charge in [0.2, 0.25) is 21.8 Å². The normalized spacial score (nSPS) is 21.5. The third kappa shape index (κ3) is 5.29. The zero-order chi connectivity index (χ0) is 20.2. The molecule has 1 unspecified atom stereocenters. The van der Waals surface area contributed by atoms with Crippen LogP contribution < -0.4 is 5.32 Å². The molecule has 0 saturated carbocycles. The van der Waals surface area contributed by atoms with Crippen molar-refractivity contribution in [2.24, 2.45) is 5.92 Å². The number of piperazine rings is 1. The molecule has 27 heavy (non-hydrogen) atoms. The van der Waals surface area contributed by atoms with Crippen LogP contribution in [-0.4, -0.2) is 60.9 Å². The summed E-state index contributed by atoms with van der Waals surface area (Å²) in [6.07, 6.45) is 1.80. The van der Waals surface area contributed by atoms with Crippen LogP contribution in [0.2, 0.25) is 0 Å². The summed E-state index contributed by atoms with van der Waals surface area (Å²) in [5, 5.41) is 2.87. The lowest BCUT2D eigenvalue weighted by Gasteiger charge is -2.46. The van der Waals surface area contributed by atoms with Crippen molar-refractivity contribution in [2.75, 3.05) is 25.9 Å². The molecule has 150 valence electrons. The molecule has 0 aliphatic carbocycles. The van der Waals surface area contributed by atoms with E-state index in [1.807, 2.05) is 44.2 Å². The van der Waals surface area contributed by atoms with E-state index in [0.717, 1.165) is 22.5 Å². The van der Waals surface area contributed by atoms with E-state index in [4.69, 9.17) is 0 Å². The Balaban J connectivity index is 2.24. The Bertz CT molecular complexity index is 779. The number of amides is 2.